The van der Waals surface area contributed by atoms with Crippen LogP contribution in [0.5, 0.6) is 0 Å². The Morgan fingerprint density at radius 1 is 1.38 bits per heavy atom. The average molecular weight is 216 g/mol. The standard InChI is InChI=1S/C13H16N2O/c1-9(2)7-15-13(16)11-8-14-12-6-4-3-5-10(11)12/h3-6,8-9,14H,7H2,1-2H3,(H,15,16). The quantitative estimate of drug-likeness (QED) is 0.813. The van der Waals surface area contributed by atoms with Crippen LogP contribution in [0.4, 0.5) is 0 Å². The van der Waals surface area contributed by atoms with Crippen molar-refractivity contribution in [2.45, 2.75) is 13.8 Å². The number of aromatic nitrogens is 1. The predicted octanol–water partition coefficient (Wildman–Crippen LogP) is 2.55. The number of carbonyl (C=O) groups is 1. The maximum absolute atomic E-state index is 11.9. The van der Waals surface area contributed by atoms with E-state index in [4.69, 9.17) is 0 Å². The fraction of sp³-hybridized carbons (Fsp3) is 0.308. The van der Waals surface area contributed by atoms with Gasteiger partial charge >= 0.3 is 0 Å². The highest BCUT2D eigenvalue weighted by molar-refractivity contribution is 6.06. The monoisotopic (exact) mass is 216 g/mol. The van der Waals surface area contributed by atoms with Crippen molar-refractivity contribution in [3.8, 4) is 0 Å². The van der Waals surface area contributed by atoms with Crippen LogP contribution < -0.4 is 5.32 Å². The maximum atomic E-state index is 11.9. The molecule has 0 bridgehead atoms. The second-order valence-corrected chi connectivity index (χ2v) is 4.35. The van der Waals surface area contributed by atoms with Gasteiger partial charge < -0.3 is 10.3 Å². The Bertz CT molecular complexity index is 499. The molecule has 0 atom stereocenters. The molecule has 1 heterocycles. The van der Waals surface area contributed by atoms with Gasteiger partial charge in [-0.15, -0.1) is 0 Å². The molecule has 0 saturated carbocycles. The first-order valence-corrected chi connectivity index (χ1v) is 5.53. The highest BCUT2D eigenvalue weighted by Crippen LogP contribution is 2.17. The van der Waals surface area contributed by atoms with Crippen LogP contribution in [0.25, 0.3) is 10.9 Å². The SMILES string of the molecule is CC(C)CNC(=O)c1c[nH]c2ccccc12. The molecule has 0 aliphatic rings. The number of hydrogen-bond donors (Lipinski definition) is 2. The molecule has 2 aromatic rings. The Kier molecular flexibility index (Phi) is 2.95. The van der Waals surface area contributed by atoms with Gasteiger partial charge in [-0.25, -0.2) is 0 Å². The van der Waals surface area contributed by atoms with Crippen molar-refractivity contribution in [3.63, 3.8) is 0 Å². The van der Waals surface area contributed by atoms with Gasteiger partial charge in [0.25, 0.3) is 5.91 Å². The number of aromatic amines is 1. The van der Waals surface area contributed by atoms with Crippen LogP contribution >= 0.6 is 0 Å². The smallest absolute Gasteiger partial charge is 0.253 e. The van der Waals surface area contributed by atoms with E-state index in [-0.39, 0.29) is 5.91 Å². The summed E-state index contributed by atoms with van der Waals surface area (Å²) in [6.07, 6.45) is 1.76. The summed E-state index contributed by atoms with van der Waals surface area (Å²) in [6.45, 7) is 4.86. The molecule has 84 valence electrons. The zero-order chi connectivity index (χ0) is 11.5. The molecular formula is C13H16N2O. The molecule has 1 aromatic carbocycles. The third-order valence-corrected chi connectivity index (χ3v) is 2.50. The Balaban J connectivity index is 2.23. The van der Waals surface area contributed by atoms with Gasteiger partial charge in [0, 0.05) is 23.6 Å². The first kappa shape index (κ1) is 10.7. The van der Waals surface area contributed by atoms with Crippen molar-refractivity contribution in [2.24, 2.45) is 5.92 Å². The zero-order valence-corrected chi connectivity index (χ0v) is 9.58. The van der Waals surface area contributed by atoms with Gasteiger partial charge in [0.2, 0.25) is 0 Å². The van der Waals surface area contributed by atoms with Gasteiger partial charge in [0.05, 0.1) is 5.56 Å². The maximum Gasteiger partial charge on any atom is 0.253 e. The molecule has 3 nitrogen and oxygen atoms in total. The molecule has 3 heteroatoms. The number of para-hydroxylation sites is 1. The minimum Gasteiger partial charge on any atom is -0.360 e. The number of rotatable bonds is 3. The van der Waals surface area contributed by atoms with E-state index in [1.54, 1.807) is 6.20 Å². The van der Waals surface area contributed by atoms with Crippen molar-refractivity contribution < 1.29 is 4.79 Å². The third kappa shape index (κ3) is 2.08. The van der Waals surface area contributed by atoms with Crippen LogP contribution in [-0.2, 0) is 0 Å². The van der Waals surface area contributed by atoms with E-state index in [9.17, 15) is 4.79 Å². The Morgan fingerprint density at radius 2 is 2.12 bits per heavy atom. The van der Waals surface area contributed by atoms with E-state index in [2.05, 4.69) is 24.1 Å². The normalized spacial score (nSPS) is 10.9. The molecule has 2 N–H and O–H groups in total. The van der Waals surface area contributed by atoms with Crippen LogP contribution in [0.3, 0.4) is 0 Å². The summed E-state index contributed by atoms with van der Waals surface area (Å²) in [7, 11) is 0. The lowest BCUT2D eigenvalue weighted by atomic mass is 10.1. The van der Waals surface area contributed by atoms with E-state index in [0.717, 1.165) is 16.5 Å². The second kappa shape index (κ2) is 4.39. The lowest BCUT2D eigenvalue weighted by molar-refractivity contribution is 0.0950. The Labute approximate surface area is 94.9 Å². The number of nitrogens with one attached hydrogen (secondary N) is 2. The number of hydrogen-bond acceptors (Lipinski definition) is 1. The lowest BCUT2D eigenvalue weighted by Gasteiger charge is -2.06. The van der Waals surface area contributed by atoms with Crippen molar-refractivity contribution in [2.75, 3.05) is 6.54 Å². The highest BCUT2D eigenvalue weighted by Gasteiger charge is 2.10. The largest absolute Gasteiger partial charge is 0.360 e. The number of H-pyrrole nitrogens is 1. The van der Waals surface area contributed by atoms with Gasteiger partial charge in [-0.2, -0.15) is 0 Å². The van der Waals surface area contributed by atoms with Gasteiger partial charge in [-0.1, -0.05) is 32.0 Å². The number of fused-ring (bicyclic) bond motifs is 1. The summed E-state index contributed by atoms with van der Waals surface area (Å²) >= 11 is 0. The Hall–Kier alpha value is -1.77. The molecule has 0 aliphatic carbocycles. The van der Waals surface area contributed by atoms with Crippen LogP contribution in [0.2, 0.25) is 0 Å². The van der Waals surface area contributed by atoms with Crippen molar-refractivity contribution in [1.29, 1.82) is 0 Å². The van der Waals surface area contributed by atoms with Crippen LogP contribution in [0.1, 0.15) is 24.2 Å². The topological polar surface area (TPSA) is 44.9 Å². The van der Waals surface area contributed by atoms with Crippen LogP contribution in [0, 0.1) is 5.92 Å². The fourth-order valence-corrected chi connectivity index (χ4v) is 1.65. The summed E-state index contributed by atoms with van der Waals surface area (Å²) < 4.78 is 0. The highest BCUT2D eigenvalue weighted by atomic mass is 16.1. The number of benzene rings is 1. The average Bonchev–Trinajstić information content (AvgIpc) is 2.69. The minimum atomic E-state index is -0.00819. The summed E-state index contributed by atoms with van der Waals surface area (Å²) in [4.78, 5) is 15.0. The molecule has 0 fully saturated rings. The Morgan fingerprint density at radius 3 is 2.88 bits per heavy atom. The van der Waals surface area contributed by atoms with Crippen molar-refractivity contribution in [3.05, 3.63) is 36.0 Å². The van der Waals surface area contributed by atoms with E-state index >= 15 is 0 Å². The van der Waals surface area contributed by atoms with Crippen LogP contribution in [-0.4, -0.2) is 17.4 Å². The van der Waals surface area contributed by atoms with Gasteiger partial charge in [0.1, 0.15) is 0 Å². The second-order valence-electron chi connectivity index (χ2n) is 4.35. The zero-order valence-electron chi connectivity index (χ0n) is 9.58. The molecule has 0 radical (unpaired) electrons. The summed E-state index contributed by atoms with van der Waals surface area (Å²) in [5.41, 5.74) is 1.72. The number of carbonyl (C=O) groups excluding carboxylic acids is 1. The molecule has 0 saturated heterocycles. The lowest BCUT2D eigenvalue weighted by Crippen LogP contribution is -2.27. The first-order chi connectivity index (χ1) is 7.68. The van der Waals surface area contributed by atoms with Crippen molar-refractivity contribution >= 4 is 16.8 Å². The number of amides is 1. The summed E-state index contributed by atoms with van der Waals surface area (Å²) in [5.74, 6) is 0.459. The molecule has 1 amide bonds. The van der Waals surface area contributed by atoms with Gasteiger partial charge in [0.15, 0.2) is 0 Å². The molecule has 0 spiro atoms. The van der Waals surface area contributed by atoms with Crippen molar-refractivity contribution in [1.82, 2.24) is 10.3 Å². The van der Waals surface area contributed by atoms with Crippen LogP contribution in [0.15, 0.2) is 30.5 Å². The van der Waals surface area contributed by atoms with E-state index in [0.29, 0.717) is 12.5 Å². The first-order valence-electron chi connectivity index (χ1n) is 5.53. The molecule has 0 unspecified atom stereocenters. The third-order valence-electron chi connectivity index (χ3n) is 2.50. The molecule has 1 aromatic heterocycles. The summed E-state index contributed by atoms with van der Waals surface area (Å²) in [6, 6.07) is 7.81. The molecule has 16 heavy (non-hydrogen) atoms. The molecule has 0 aliphatic heterocycles. The molecular weight excluding hydrogens is 200 g/mol. The predicted molar refractivity (Wildman–Crippen MR) is 65.5 cm³/mol. The van der Waals surface area contributed by atoms with E-state index in [1.165, 1.54) is 0 Å². The van der Waals surface area contributed by atoms with E-state index in [1.807, 2.05) is 24.3 Å². The fourth-order valence-electron chi connectivity index (χ4n) is 1.65. The molecule has 2 rings (SSSR count). The van der Waals surface area contributed by atoms with E-state index < -0.39 is 0 Å². The summed E-state index contributed by atoms with van der Waals surface area (Å²) in [5, 5.41) is 3.89. The van der Waals surface area contributed by atoms with Gasteiger partial charge in [-0.05, 0) is 12.0 Å². The minimum absolute atomic E-state index is 0.00819. The van der Waals surface area contributed by atoms with Gasteiger partial charge in [-0.3, -0.25) is 4.79 Å².